The molecule has 0 spiro atoms. The van der Waals surface area contributed by atoms with Gasteiger partial charge >= 0.3 is 38.7 Å². The number of hydrogen-bond acceptors (Lipinski definition) is 3. The van der Waals surface area contributed by atoms with Crippen LogP contribution in [0.1, 0.15) is 28.1 Å². The van der Waals surface area contributed by atoms with E-state index in [1.165, 1.54) is 0 Å². The zero-order chi connectivity index (χ0) is 7.82. The smallest absolute Gasteiger partial charge is 1.00 e. The van der Waals surface area contributed by atoms with Gasteiger partial charge in [0.15, 0.2) is 0 Å². The summed E-state index contributed by atoms with van der Waals surface area (Å²) < 4.78 is 20.3. The van der Waals surface area contributed by atoms with Gasteiger partial charge in [-0.1, -0.05) is 13.8 Å². The third-order valence-corrected chi connectivity index (χ3v) is 1.73. The topological polar surface area (TPSA) is 35.5 Å². The van der Waals surface area contributed by atoms with Crippen molar-refractivity contribution in [3.05, 3.63) is 0 Å². The van der Waals surface area contributed by atoms with Crippen molar-refractivity contribution < 1.29 is 44.3 Å². The Morgan fingerprint density at radius 3 is 1.82 bits per heavy atom. The molecule has 0 unspecified atom stereocenters. The SMILES string of the molecule is CCCO[Si](=O)OCCC.[H-].[Na+]. The van der Waals surface area contributed by atoms with Gasteiger partial charge in [-0.05, 0) is 12.8 Å². The Bertz CT molecular complexity index is 94.8. The van der Waals surface area contributed by atoms with Crippen molar-refractivity contribution in [3.8, 4) is 0 Å². The molecule has 5 heteroatoms. The molecule has 0 saturated carbocycles. The van der Waals surface area contributed by atoms with E-state index >= 15 is 0 Å². The van der Waals surface area contributed by atoms with Gasteiger partial charge in [0.05, 0.1) is 13.2 Å². The maximum absolute atomic E-state index is 10.7. The Labute approximate surface area is 93.1 Å². The minimum atomic E-state index is -2.16. The molecule has 0 rings (SSSR count). The van der Waals surface area contributed by atoms with Crippen LogP contribution in [0.3, 0.4) is 0 Å². The predicted octanol–water partition coefficient (Wildman–Crippen LogP) is -1.63. The molecule has 0 N–H and O–H groups in total. The van der Waals surface area contributed by atoms with Crippen LogP contribution in [0.5, 0.6) is 0 Å². The van der Waals surface area contributed by atoms with E-state index in [0.717, 1.165) is 12.8 Å². The molecular formula is C6H15NaO3Si. The summed E-state index contributed by atoms with van der Waals surface area (Å²) in [6, 6.07) is 0. The van der Waals surface area contributed by atoms with E-state index in [1.807, 2.05) is 13.8 Å². The molecule has 0 aliphatic heterocycles. The van der Waals surface area contributed by atoms with Crippen molar-refractivity contribution in [3.63, 3.8) is 0 Å². The second-order valence-electron chi connectivity index (χ2n) is 1.95. The monoisotopic (exact) mass is 186 g/mol. The Morgan fingerprint density at radius 2 is 1.55 bits per heavy atom. The Morgan fingerprint density at radius 1 is 1.18 bits per heavy atom. The second-order valence-corrected chi connectivity index (χ2v) is 3.02. The summed E-state index contributed by atoms with van der Waals surface area (Å²) in [4.78, 5) is 0. The number of rotatable bonds is 6. The third kappa shape index (κ3) is 10.6. The van der Waals surface area contributed by atoms with Gasteiger partial charge in [-0.3, -0.25) is 4.46 Å². The average Bonchev–Trinajstić information content (AvgIpc) is 1.97. The molecule has 0 fully saturated rings. The van der Waals surface area contributed by atoms with Crippen LogP contribution in [0, 0.1) is 0 Å². The molecule has 0 atom stereocenters. The molecule has 11 heavy (non-hydrogen) atoms. The summed E-state index contributed by atoms with van der Waals surface area (Å²) in [5.74, 6) is 0. The average molecular weight is 186 g/mol. The summed E-state index contributed by atoms with van der Waals surface area (Å²) in [7, 11) is -2.16. The fourth-order valence-electron chi connectivity index (χ4n) is 0.412. The van der Waals surface area contributed by atoms with Gasteiger partial charge in [0.2, 0.25) is 0 Å². The third-order valence-electron chi connectivity index (χ3n) is 0.848. The van der Waals surface area contributed by atoms with Crippen molar-refractivity contribution in [2.24, 2.45) is 0 Å². The van der Waals surface area contributed by atoms with Crippen LogP contribution in [-0.2, 0) is 13.3 Å². The predicted molar refractivity (Wildman–Crippen MR) is 40.0 cm³/mol. The van der Waals surface area contributed by atoms with E-state index in [9.17, 15) is 4.46 Å². The molecule has 0 amide bonds. The Hall–Kier alpha value is 0.617. The van der Waals surface area contributed by atoms with Crippen LogP contribution < -0.4 is 29.6 Å². The van der Waals surface area contributed by atoms with Crippen LogP contribution in [-0.4, -0.2) is 22.4 Å². The summed E-state index contributed by atoms with van der Waals surface area (Å²) >= 11 is 0. The molecule has 0 saturated heterocycles. The van der Waals surface area contributed by atoms with Crippen molar-refractivity contribution in [1.29, 1.82) is 0 Å². The van der Waals surface area contributed by atoms with Gasteiger partial charge in [-0.15, -0.1) is 0 Å². The van der Waals surface area contributed by atoms with Gasteiger partial charge in [0.25, 0.3) is 0 Å². The van der Waals surface area contributed by atoms with E-state index in [2.05, 4.69) is 0 Å². The largest absolute Gasteiger partial charge is 1.00 e. The van der Waals surface area contributed by atoms with Crippen molar-refractivity contribution in [2.45, 2.75) is 26.7 Å². The van der Waals surface area contributed by atoms with Gasteiger partial charge in [-0.2, -0.15) is 0 Å². The maximum Gasteiger partial charge on any atom is 1.00 e. The first-order valence-electron chi connectivity index (χ1n) is 3.60. The maximum atomic E-state index is 10.7. The standard InChI is InChI=1S/C6H14O3Si.Na.H/c1-3-5-8-10(7)9-6-4-2;;/h3-6H2,1-2H3;;/q;+1;-1. The van der Waals surface area contributed by atoms with E-state index in [-0.39, 0.29) is 31.0 Å². The molecule has 62 valence electrons. The van der Waals surface area contributed by atoms with Crippen LogP contribution in [0.4, 0.5) is 0 Å². The molecule has 0 bridgehead atoms. The van der Waals surface area contributed by atoms with Gasteiger partial charge in [0, 0.05) is 0 Å². The van der Waals surface area contributed by atoms with Crippen molar-refractivity contribution >= 4 is 9.17 Å². The summed E-state index contributed by atoms with van der Waals surface area (Å²) in [5, 5.41) is 0. The Kier molecular flexibility index (Phi) is 13.7. The first-order chi connectivity index (χ1) is 4.81. The summed E-state index contributed by atoms with van der Waals surface area (Å²) in [6.07, 6.45) is 1.76. The molecule has 3 nitrogen and oxygen atoms in total. The normalized spacial score (nSPS) is 8.18. The van der Waals surface area contributed by atoms with Crippen LogP contribution in [0.15, 0.2) is 0 Å². The molecule has 0 aromatic heterocycles. The summed E-state index contributed by atoms with van der Waals surface area (Å²) in [5.41, 5.74) is 0. The first kappa shape index (κ1) is 14.2. The summed E-state index contributed by atoms with van der Waals surface area (Å²) in [6.45, 7) is 4.99. The first-order valence-corrected chi connectivity index (χ1v) is 4.83. The molecule has 0 aliphatic rings. The molecule has 0 aliphatic carbocycles. The minimum Gasteiger partial charge on any atom is -1.00 e. The van der Waals surface area contributed by atoms with E-state index in [4.69, 9.17) is 8.85 Å². The van der Waals surface area contributed by atoms with Crippen LogP contribution in [0.25, 0.3) is 0 Å². The fourth-order valence-corrected chi connectivity index (χ4v) is 1.24. The molecule has 0 heterocycles. The Balaban J connectivity index is -0.000000405. The van der Waals surface area contributed by atoms with E-state index < -0.39 is 9.17 Å². The molecule has 0 radical (unpaired) electrons. The van der Waals surface area contributed by atoms with Gasteiger partial charge < -0.3 is 10.3 Å². The van der Waals surface area contributed by atoms with E-state index in [0.29, 0.717) is 13.2 Å². The molecule has 0 aromatic carbocycles. The van der Waals surface area contributed by atoms with Crippen molar-refractivity contribution in [2.75, 3.05) is 13.2 Å². The molecular weight excluding hydrogens is 171 g/mol. The van der Waals surface area contributed by atoms with Crippen LogP contribution >= 0.6 is 0 Å². The van der Waals surface area contributed by atoms with E-state index in [1.54, 1.807) is 0 Å². The quantitative estimate of drug-likeness (QED) is 0.467. The zero-order valence-corrected chi connectivity index (χ0v) is 10.6. The van der Waals surface area contributed by atoms with Gasteiger partial charge in [0.1, 0.15) is 0 Å². The fraction of sp³-hybridized carbons (Fsp3) is 1.00. The molecule has 0 aromatic rings. The number of hydrogen-bond donors (Lipinski definition) is 0. The van der Waals surface area contributed by atoms with Crippen LogP contribution in [0.2, 0.25) is 0 Å². The zero-order valence-electron chi connectivity index (χ0n) is 8.55. The second kappa shape index (κ2) is 10.6. The minimum absolute atomic E-state index is 0. The van der Waals surface area contributed by atoms with Gasteiger partial charge in [-0.25, -0.2) is 0 Å². The van der Waals surface area contributed by atoms with Crippen molar-refractivity contribution in [1.82, 2.24) is 0 Å².